The summed E-state index contributed by atoms with van der Waals surface area (Å²) in [7, 11) is 0. The SMILES string of the molecule is O=C(O)c1ccc2c(c1)nnn2CCCC(F)(F)F. The topological polar surface area (TPSA) is 68.0 Å². The minimum Gasteiger partial charge on any atom is -0.478 e. The number of hydrogen-bond acceptors (Lipinski definition) is 3. The van der Waals surface area contributed by atoms with Gasteiger partial charge in [-0.2, -0.15) is 13.2 Å². The zero-order chi connectivity index (χ0) is 14.0. The quantitative estimate of drug-likeness (QED) is 0.929. The number of alkyl halides is 3. The zero-order valence-corrected chi connectivity index (χ0v) is 9.68. The van der Waals surface area contributed by atoms with Gasteiger partial charge in [-0.15, -0.1) is 5.10 Å². The molecule has 0 fully saturated rings. The lowest BCUT2D eigenvalue weighted by atomic mass is 10.2. The van der Waals surface area contributed by atoms with Crippen LogP contribution in [0, 0.1) is 0 Å². The molecule has 0 spiro atoms. The largest absolute Gasteiger partial charge is 0.478 e. The van der Waals surface area contributed by atoms with Crippen LogP contribution in [-0.4, -0.2) is 32.2 Å². The monoisotopic (exact) mass is 273 g/mol. The molecular weight excluding hydrogens is 263 g/mol. The van der Waals surface area contributed by atoms with Crippen molar-refractivity contribution >= 4 is 17.0 Å². The molecule has 0 bridgehead atoms. The summed E-state index contributed by atoms with van der Waals surface area (Å²) >= 11 is 0. The second-order valence-electron chi connectivity index (χ2n) is 4.04. The van der Waals surface area contributed by atoms with Crippen LogP contribution in [0.15, 0.2) is 18.2 Å². The first-order valence-corrected chi connectivity index (χ1v) is 5.50. The third kappa shape index (κ3) is 3.21. The van der Waals surface area contributed by atoms with Gasteiger partial charge < -0.3 is 5.11 Å². The van der Waals surface area contributed by atoms with Crippen LogP contribution in [0.4, 0.5) is 13.2 Å². The molecule has 0 atom stereocenters. The Morgan fingerprint density at radius 2 is 2.11 bits per heavy atom. The molecule has 0 aliphatic heterocycles. The third-order valence-electron chi connectivity index (χ3n) is 2.59. The first-order chi connectivity index (χ1) is 8.87. The third-order valence-corrected chi connectivity index (χ3v) is 2.59. The average Bonchev–Trinajstić information content (AvgIpc) is 2.70. The smallest absolute Gasteiger partial charge is 0.389 e. The molecular formula is C11H10F3N3O2. The van der Waals surface area contributed by atoms with E-state index in [2.05, 4.69) is 10.3 Å². The Hall–Kier alpha value is -2.12. The number of aromatic carboxylic acids is 1. The lowest BCUT2D eigenvalue weighted by molar-refractivity contribution is -0.136. The Labute approximate surface area is 105 Å². The summed E-state index contributed by atoms with van der Waals surface area (Å²) in [4.78, 5) is 10.8. The summed E-state index contributed by atoms with van der Waals surface area (Å²) in [5, 5.41) is 16.3. The van der Waals surface area contributed by atoms with E-state index in [4.69, 9.17) is 5.11 Å². The van der Waals surface area contributed by atoms with Crippen LogP contribution in [0.1, 0.15) is 23.2 Å². The number of nitrogens with zero attached hydrogens (tertiary/aromatic N) is 3. The van der Waals surface area contributed by atoms with E-state index in [1.807, 2.05) is 0 Å². The van der Waals surface area contributed by atoms with Crippen molar-refractivity contribution in [3.8, 4) is 0 Å². The number of aromatic nitrogens is 3. The predicted molar refractivity (Wildman–Crippen MR) is 59.8 cm³/mol. The van der Waals surface area contributed by atoms with Crippen molar-refractivity contribution < 1.29 is 23.1 Å². The molecule has 1 aromatic carbocycles. The van der Waals surface area contributed by atoms with Crippen LogP contribution in [0.2, 0.25) is 0 Å². The molecule has 1 heterocycles. The Morgan fingerprint density at radius 3 is 2.74 bits per heavy atom. The molecule has 1 aromatic heterocycles. The summed E-state index contributed by atoms with van der Waals surface area (Å²) in [6.45, 7) is 0.0857. The van der Waals surface area contributed by atoms with Crippen molar-refractivity contribution in [2.45, 2.75) is 25.6 Å². The van der Waals surface area contributed by atoms with Gasteiger partial charge in [-0.1, -0.05) is 5.21 Å². The Balaban J connectivity index is 2.15. The number of carboxylic acid groups (broad SMARTS) is 1. The fraction of sp³-hybridized carbons (Fsp3) is 0.364. The number of fused-ring (bicyclic) bond motifs is 1. The Morgan fingerprint density at radius 1 is 1.37 bits per heavy atom. The van der Waals surface area contributed by atoms with E-state index in [0.717, 1.165) is 0 Å². The van der Waals surface area contributed by atoms with Crippen molar-refractivity contribution in [1.29, 1.82) is 0 Å². The molecule has 19 heavy (non-hydrogen) atoms. The van der Waals surface area contributed by atoms with E-state index in [9.17, 15) is 18.0 Å². The Kier molecular flexibility index (Phi) is 3.41. The summed E-state index contributed by atoms with van der Waals surface area (Å²) in [6, 6.07) is 4.20. The molecule has 0 amide bonds. The van der Waals surface area contributed by atoms with Crippen LogP contribution in [-0.2, 0) is 6.54 Å². The minimum absolute atomic E-state index is 0.0647. The van der Waals surface area contributed by atoms with Crippen molar-refractivity contribution in [3.05, 3.63) is 23.8 Å². The Bertz CT molecular complexity index is 607. The summed E-state index contributed by atoms with van der Waals surface area (Å²) in [5.41, 5.74) is 0.939. The fourth-order valence-corrected chi connectivity index (χ4v) is 1.70. The number of halogens is 3. The lowest BCUT2D eigenvalue weighted by Gasteiger charge is -2.06. The number of benzene rings is 1. The van der Waals surface area contributed by atoms with Crippen LogP contribution in [0.25, 0.3) is 11.0 Å². The lowest BCUT2D eigenvalue weighted by Crippen LogP contribution is -2.10. The van der Waals surface area contributed by atoms with Gasteiger partial charge >= 0.3 is 12.1 Å². The van der Waals surface area contributed by atoms with Gasteiger partial charge in [-0.25, -0.2) is 9.48 Å². The minimum atomic E-state index is -4.19. The van der Waals surface area contributed by atoms with E-state index >= 15 is 0 Å². The van der Waals surface area contributed by atoms with Gasteiger partial charge in [0.25, 0.3) is 0 Å². The van der Waals surface area contributed by atoms with Crippen molar-refractivity contribution in [2.75, 3.05) is 0 Å². The molecule has 0 radical (unpaired) electrons. The van der Waals surface area contributed by atoms with E-state index in [0.29, 0.717) is 11.0 Å². The van der Waals surface area contributed by atoms with Gasteiger partial charge in [-0.05, 0) is 24.6 Å². The summed E-state index contributed by atoms with van der Waals surface area (Å²) in [5.74, 6) is -1.09. The molecule has 1 N–H and O–H groups in total. The van der Waals surface area contributed by atoms with Gasteiger partial charge in [0.05, 0.1) is 11.1 Å². The molecule has 0 saturated carbocycles. The van der Waals surface area contributed by atoms with Crippen LogP contribution in [0.5, 0.6) is 0 Å². The molecule has 5 nitrogen and oxygen atoms in total. The van der Waals surface area contributed by atoms with E-state index in [1.165, 1.54) is 22.9 Å². The molecule has 102 valence electrons. The highest BCUT2D eigenvalue weighted by molar-refractivity contribution is 5.92. The highest BCUT2D eigenvalue weighted by Gasteiger charge is 2.26. The van der Waals surface area contributed by atoms with Crippen molar-refractivity contribution in [2.24, 2.45) is 0 Å². The first-order valence-electron chi connectivity index (χ1n) is 5.50. The normalized spacial score (nSPS) is 11.9. The number of rotatable bonds is 4. The van der Waals surface area contributed by atoms with Gasteiger partial charge in [-0.3, -0.25) is 0 Å². The second kappa shape index (κ2) is 4.87. The standard InChI is InChI=1S/C11H10F3N3O2/c12-11(13,14)4-1-5-17-9-3-2-7(10(18)19)6-8(9)15-16-17/h2-3,6H,1,4-5H2,(H,18,19). The number of carboxylic acids is 1. The van der Waals surface area contributed by atoms with E-state index in [1.54, 1.807) is 0 Å². The molecule has 2 aromatic rings. The van der Waals surface area contributed by atoms with Gasteiger partial charge in [0.15, 0.2) is 0 Å². The van der Waals surface area contributed by atoms with Crippen LogP contribution >= 0.6 is 0 Å². The summed E-state index contributed by atoms with van der Waals surface area (Å²) < 4.78 is 37.4. The summed E-state index contributed by atoms with van der Waals surface area (Å²) in [6.07, 6.45) is -5.17. The molecule has 0 unspecified atom stereocenters. The average molecular weight is 273 g/mol. The maximum atomic E-state index is 12.0. The van der Waals surface area contributed by atoms with E-state index < -0.39 is 18.6 Å². The van der Waals surface area contributed by atoms with Crippen molar-refractivity contribution in [3.63, 3.8) is 0 Å². The van der Waals surface area contributed by atoms with Gasteiger partial charge in [0, 0.05) is 13.0 Å². The molecule has 0 saturated heterocycles. The molecule has 0 aliphatic carbocycles. The number of carbonyl (C=O) groups is 1. The molecule has 0 aliphatic rings. The maximum absolute atomic E-state index is 12.0. The highest BCUT2D eigenvalue weighted by atomic mass is 19.4. The van der Waals surface area contributed by atoms with Crippen molar-refractivity contribution in [1.82, 2.24) is 15.0 Å². The van der Waals surface area contributed by atoms with Crippen LogP contribution in [0.3, 0.4) is 0 Å². The number of aryl methyl sites for hydroxylation is 1. The highest BCUT2D eigenvalue weighted by Crippen LogP contribution is 2.22. The van der Waals surface area contributed by atoms with Gasteiger partial charge in [0.1, 0.15) is 5.52 Å². The first kappa shape index (κ1) is 13.3. The fourth-order valence-electron chi connectivity index (χ4n) is 1.70. The molecule has 8 heteroatoms. The predicted octanol–water partition coefficient (Wildman–Crippen LogP) is 2.47. The maximum Gasteiger partial charge on any atom is 0.389 e. The van der Waals surface area contributed by atoms with Crippen LogP contribution < -0.4 is 0 Å². The molecule has 2 rings (SSSR count). The zero-order valence-electron chi connectivity index (χ0n) is 9.68. The van der Waals surface area contributed by atoms with Gasteiger partial charge in [0.2, 0.25) is 0 Å². The second-order valence-corrected chi connectivity index (χ2v) is 4.04. The number of hydrogen-bond donors (Lipinski definition) is 1. The van der Waals surface area contributed by atoms with E-state index in [-0.39, 0.29) is 18.5 Å².